The van der Waals surface area contributed by atoms with E-state index >= 15 is 0 Å². The van der Waals surface area contributed by atoms with Crippen LogP contribution in [0.1, 0.15) is 124 Å². The van der Waals surface area contributed by atoms with Crippen LogP contribution >= 0.6 is 0 Å². The number of aliphatic hydroxyl groups is 1. The van der Waals surface area contributed by atoms with Crippen LogP contribution in [0, 0.1) is 17.8 Å². The molecule has 2 heterocycles. The molecule has 3 rings (SSSR count). The molecule has 32 nitrogen and oxygen atoms in total. The van der Waals surface area contributed by atoms with Gasteiger partial charge in [0.2, 0.25) is 65.0 Å². The molecule has 1 aromatic carbocycles. The second-order valence-corrected chi connectivity index (χ2v) is 22.7. The van der Waals surface area contributed by atoms with Crippen LogP contribution in [-0.2, 0) is 68.7 Å². The molecule has 2 aromatic rings. The molecule has 1 fully saturated rings. The van der Waals surface area contributed by atoms with Gasteiger partial charge in [0.05, 0.1) is 13.0 Å². The van der Waals surface area contributed by atoms with Gasteiger partial charge in [0, 0.05) is 49.5 Å². The van der Waals surface area contributed by atoms with Gasteiger partial charge in [-0.1, -0.05) is 72.6 Å². The van der Waals surface area contributed by atoms with Gasteiger partial charge in [0.1, 0.15) is 60.4 Å². The van der Waals surface area contributed by atoms with E-state index < -0.39 is 181 Å². The summed E-state index contributed by atoms with van der Waals surface area (Å²) in [6, 6.07) is -7.75. The van der Waals surface area contributed by atoms with E-state index in [9.17, 15) is 77.6 Å². The number of fused-ring (bicyclic) bond motifs is 1. The minimum absolute atomic E-state index is 0.0308. The maximum atomic E-state index is 14.7. The number of nitrogens with one attached hydrogen (secondary N) is 9. The number of carboxylic acid groups (broad SMARTS) is 2. The number of aliphatic hydroxyl groups excluding tert-OH is 1. The van der Waals surface area contributed by atoms with Gasteiger partial charge in [-0.2, -0.15) is 0 Å². The van der Waals surface area contributed by atoms with Gasteiger partial charge in [0.15, 0.2) is 5.96 Å². The number of hydrogen-bond acceptors (Lipinski definition) is 16. The number of carboxylic acids is 2. The Morgan fingerprint density at radius 3 is 1.76 bits per heavy atom. The fraction of sp³-hybridized carbons (Fsp3) is 0.614. The van der Waals surface area contributed by atoms with Crippen molar-refractivity contribution in [2.75, 3.05) is 19.7 Å². The summed E-state index contributed by atoms with van der Waals surface area (Å²) in [6.07, 6.45) is -0.634. The van der Waals surface area contributed by atoms with E-state index in [0.717, 1.165) is 0 Å². The Balaban J connectivity index is 1.99. The van der Waals surface area contributed by atoms with Crippen LogP contribution in [0.15, 0.2) is 35.5 Å². The minimum Gasteiger partial charge on any atom is -0.481 e. The van der Waals surface area contributed by atoms with E-state index in [1.807, 2.05) is 0 Å². The molecular weight excluding hydrogens is 1160 g/mol. The average molecular weight is 1260 g/mol. The molecule has 11 amide bonds. The Morgan fingerprint density at radius 1 is 0.640 bits per heavy atom. The van der Waals surface area contributed by atoms with Crippen LogP contribution in [0.3, 0.4) is 0 Å². The standard InChI is InChI=1S/C57H90N16O16/c1-7-29(5)45(54(86)67-37(56(88)89)17-19-42(59)75)71-49(81)35(15-11-21-63-57(61)62)65-48(80)36(18-20-44(77)78)66-50(82)38(23-28(3)4)68-52(84)40(25-43(60)76)69-51(83)39(24-31-26-64-34-14-10-9-13-32(31)34)70-53(85)41-16-12-22-73(41)55(87)46(30(6)8-2)72-47(79)33(58)27-74/h9-10,13-14,26,28-30,33,35-41,45-46,64,74H,7-8,11-12,15-25,27,58H2,1-6H3,(H2,59,75)(H2,60,76)(H,65,80)(H,66,82)(H,67,86)(H,68,84)(H,69,83)(H,70,85)(H,71,81)(H,72,79)(H,77,78)(H,88,89)(H4,61,62,63)/t29-,30-,33-,35-,36-,37-,38-,39-,40-,41-,45-,46-/m0/s1. The van der Waals surface area contributed by atoms with Crippen molar-refractivity contribution in [2.24, 2.45) is 51.4 Å². The van der Waals surface area contributed by atoms with E-state index in [4.69, 9.17) is 28.7 Å². The van der Waals surface area contributed by atoms with Crippen molar-refractivity contribution < 1.29 is 77.6 Å². The lowest BCUT2D eigenvalue weighted by molar-refractivity contribution is -0.143. The molecule has 494 valence electrons. The molecule has 12 atom stereocenters. The van der Waals surface area contributed by atoms with Crippen molar-refractivity contribution >= 4 is 93.8 Å². The van der Waals surface area contributed by atoms with Gasteiger partial charge in [-0.05, 0) is 74.3 Å². The Bertz CT molecular complexity index is 2860. The van der Waals surface area contributed by atoms with Crippen LogP contribution in [0.2, 0.25) is 0 Å². The first kappa shape index (κ1) is 74.3. The van der Waals surface area contributed by atoms with Crippen LogP contribution < -0.4 is 71.2 Å². The molecule has 0 unspecified atom stereocenters. The highest BCUT2D eigenvalue weighted by Crippen LogP contribution is 2.24. The molecule has 0 saturated carbocycles. The van der Waals surface area contributed by atoms with Gasteiger partial charge in [-0.25, -0.2) is 4.79 Å². The summed E-state index contributed by atoms with van der Waals surface area (Å²) in [5.41, 5.74) is 28.8. The fourth-order valence-electron chi connectivity index (χ4n) is 9.78. The zero-order chi connectivity index (χ0) is 66.8. The second kappa shape index (κ2) is 36.4. The number of benzene rings is 1. The zero-order valence-corrected chi connectivity index (χ0v) is 51.1. The maximum absolute atomic E-state index is 14.7. The fourth-order valence-corrected chi connectivity index (χ4v) is 9.78. The lowest BCUT2D eigenvalue weighted by atomic mass is 9.96. The Labute approximate surface area is 514 Å². The van der Waals surface area contributed by atoms with Gasteiger partial charge in [0.25, 0.3) is 0 Å². The topological polar surface area (TPSA) is 540 Å². The van der Waals surface area contributed by atoms with Crippen molar-refractivity contribution in [3.05, 3.63) is 36.0 Å². The predicted molar refractivity (Wildman–Crippen MR) is 322 cm³/mol. The number of aliphatic imine (C=N–C) groups is 1. The number of aromatic nitrogens is 1. The number of rotatable bonds is 39. The molecule has 22 N–H and O–H groups in total. The molecule has 0 spiro atoms. The predicted octanol–water partition coefficient (Wildman–Crippen LogP) is -3.82. The molecule has 0 aliphatic carbocycles. The maximum Gasteiger partial charge on any atom is 0.326 e. The summed E-state index contributed by atoms with van der Waals surface area (Å²) >= 11 is 0. The van der Waals surface area contributed by atoms with Crippen molar-refractivity contribution in [2.45, 2.75) is 185 Å². The summed E-state index contributed by atoms with van der Waals surface area (Å²) in [7, 11) is 0. The number of aromatic amines is 1. The number of hydrogen-bond donors (Lipinski definition) is 17. The molecule has 32 heteroatoms. The highest BCUT2D eigenvalue weighted by Gasteiger charge is 2.42. The number of H-pyrrole nitrogens is 1. The van der Waals surface area contributed by atoms with Crippen LogP contribution in [-0.4, -0.2) is 188 Å². The third kappa shape index (κ3) is 23.9. The number of carbonyl (C=O) groups excluding carboxylic acids is 11. The molecule has 1 aromatic heterocycles. The second-order valence-electron chi connectivity index (χ2n) is 22.7. The highest BCUT2D eigenvalue weighted by molar-refractivity contribution is 6.00. The SMILES string of the molecule is CC[C@H](C)[C@H](NC(=O)[C@H](CCCN=C(N)N)NC(=O)[C@H](CCC(=O)O)NC(=O)[C@H](CC(C)C)NC(=O)[C@H](CC(N)=O)NC(=O)[C@H](Cc1c[nH]c2ccccc12)NC(=O)[C@@H]1CCCN1C(=O)[C@@H](NC(=O)[C@@H](N)CO)[C@@H](C)CC)C(=O)N[C@@H](CCC(N)=O)C(=O)O. The summed E-state index contributed by atoms with van der Waals surface area (Å²) in [4.78, 5) is 183. The molecule has 89 heavy (non-hydrogen) atoms. The third-order valence-electron chi connectivity index (χ3n) is 15.2. The number of amides is 11. The number of aliphatic carboxylic acids is 2. The lowest BCUT2D eigenvalue weighted by Gasteiger charge is -2.32. The quantitative estimate of drug-likeness (QED) is 0.0173. The largest absolute Gasteiger partial charge is 0.481 e. The number of para-hydroxylation sites is 1. The van der Waals surface area contributed by atoms with E-state index in [0.29, 0.717) is 29.3 Å². The number of primary amides is 2. The molecule has 1 aliphatic rings. The van der Waals surface area contributed by atoms with Crippen LogP contribution in [0.25, 0.3) is 10.9 Å². The Kier molecular flexibility index (Phi) is 30.4. The van der Waals surface area contributed by atoms with Crippen LogP contribution in [0.5, 0.6) is 0 Å². The van der Waals surface area contributed by atoms with Crippen molar-refractivity contribution in [1.29, 1.82) is 0 Å². The smallest absolute Gasteiger partial charge is 0.326 e. The summed E-state index contributed by atoms with van der Waals surface area (Å²) in [5, 5.41) is 49.8. The van der Waals surface area contributed by atoms with Gasteiger partial charge < -0.3 is 96.4 Å². The summed E-state index contributed by atoms with van der Waals surface area (Å²) in [5.74, 6) is -14.9. The zero-order valence-electron chi connectivity index (χ0n) is 51.1. The van der Waals surface area contributed by atoms with Gasteiger partial charge in [-0.15, -0.1) is 0 Å². The minimum atomic E-state index is -1.82. The summed E-state index contributed by atoms with van der Waals surface area (Å²) in [6.45, 7) is 9.49. The Morgan fingerprint density at radius 2 is 1.18 bits per heavy atom. The monoisotopic (exact) mass is 1250 g/mol. The average Bonchev–Trinajstić information content (AvgIpc) is 2.81. The number of nitrogens with zero attached hydrogens (tertiary/aromatic N) is 2. The van der Waals surface area contributed by atoms with Crippen molar-refractivity contribution in [3.63, 3.8) is 0 Å². The van der Waals surface area contributed by atoms with E-state index in [1.54, 1.807) is 72.0 Å². The summed E-state index contributed by atoms with van der Waals surface area (Å²) < 4.78 is 0. The molecule has 0 radical (unpaired) electrons. The van der Waals surface area contributed by atoms with Gasteiger partial charge >= 0.3 is 11.9 Å². The number of nitrogens with two attached hydrogens (primary N) is 5. The van der Waals surface area contributed by atoms with E-state index in [2.05, 4.69) is 52.5 Å². The third-order valence-corrected chi connectivity index (χ3v) is 15.2. The first-order valence-corrected chi connectivity index (χ1v) is 29.6. The van der Waals surface area contributed by atoms with Crippen LogP contribution in [0.4, 0.5) is 0 Å². The van der Waals surface area contributed by atoms with Crippen molar-refractivity contribution in [3.8, 4) is 0 Å². The number of carbonyl (C=O) groups is 13. The normalized spacial score (nSPS) is 16.6. The number of guanidine groups is 1. The van der Waals surface area contributed by atoms with E-state index in [1.165, 1.54) is 4.90 Å². The van der Waals surface area contributed by atoms with E-state index in [-0.39, 0.29) is 70.4 Å². The highest BCUT2D eigenvalue weighted by atomic mass is 16.4. The molecule has 1 saturated heterocycles. The number of likely N-dealkylation sites (tertiary alicyclic amines) is 1. The molecule has 0 bridgehead atoms. The molecule has 1 aliphatic heterocycles. The lowest BCUT2D eigenvalue weighted by Crippen LogP contribution is -2.61. The van der Waals surface area contributed by atoms with Gasteiger partial charge in [-0.3, -0.25) is 62.5 Å². The first-order valence-electron chi connectivity index (χ1n) is 29.6. The molecular formula is C57H90N16O16. The first-order chi connectivity index (χ1) is 41.9. The van der Waals surface area contributed by atoms with Crippen molar-refractivity contribution in [1.82, 2.24) is 52.4 Å². The Hall–Kier alpha value is -8.94.